The minimum Gasteiger partial charge on any atom is -0.370 e. The third-order valence-electron chi connectivity index (χ3n) is 1.07. The molecule has 0 bridgehead atoms. The minimum absolute atomic E-state index is 0.336. The molecule has 0 fully saturated rings. The van der Waals surface area contributed by atoms with Crippen LogP contribution in [0.1, 0.15) is 20.8 Å². The predicted molar refractivity (Wildman–Crippen MR) is 66.9 cm³/mol. The number of hydrogen-bond acceptors (Lipinski definition) is 2. The van der Waals surface area contributed by atoms with Gasteiger partial charge in [0.15, 0.2) is 8.37 Å². The molecule has 3 N–H and O–H groups in total. The molecule has 0 heterocycles. The van der Waals surface area contributed by atoms with Crippen molar-refractivity contribution in [2.24, 2.45) is 0 Å². The lowest BCUT2D eigenvalue weighted by Gasteiger charge is -2.25. The summed E-state index contributed by atoms with van der Waals surface area (Å²) >= 11 is 9.28. The monoisotopic (exact) mass is 394 g/mol. The van der Waals surface area contributed by atoms with E-state index < -0.39 is 14.4 Å². The van der Waals surface area contributed by atoms with Gasteiger partial charge in [0.1, 0.15) is 0 Å². The molecular formula is C7H13Br3N2O2. The standard InChI is InChI=1S/C7H13Br3N2O2/c1-6(2,3)12-5(14)11-4(13)7(8,9)10/h4,13H,1-3H3,(H2,11,12,14). The molecule has 0 aromatic rings. The van der Waals surface area contributed by atoms with Gasteiger partial charge < -0.3 is 15.7 Å². The van der Waals surface area contributed by atoms with Gasteiger partial charge in [0.05, 0.1) is 0 Å². The van der Waals surface area contributed by atoms with E-state index in [1.165, 1.54) is 0 Å². The Morgan fingerprint density at radius 3 is 2.00 bits per heavy atom. The van der Waals surface area contributed by atoms with Crippen molar-refractivity contribution in [1.82, 2.24) is 10.6 Å². The predicted octanol–water partition coefficient (Wildman–Crippen LogP) is 2.24. The Labute approximate surface area is 109 Å². The molecule has 2 amide bonds. The van der Waals surface area contributed by atoms with Gasteiger partial charge in [-0.1, -0.05) is 47.8 Å². The third-order valence-corrected chi connectivity index (χ3v) is 2.37. The molecule has 0 aromatic heterocycles. The van der Waals surface area contributed by atoms with Crippen molar-refractivity contribution in [3.63, 3.8) is 0 Å². The van der Waals surface area contributed by atoms with Crippen molar-refractivity contribution >= 4 is 53.8 Å². The molecule has 4 nitrogen and oxygen atoms in total. The van der Waals surface area contributed by atoms with Crippen molar-refractivity contribution in [3.8, 4) is 0 Å². The van der Waals surface area contributed by atoms with E-state index in [1.807, 2.05) is 20.8 Å². The van der Waals surface area contributed by atoms with E-state index >= 15 is 0 Å². The van der Waals surface area contributed by atoms with Crippen LogP contribution in [0.2, 0.25) is 0 Å². The van der Waals surface area contributed by atoms with E-state index in [9.17, 15) is 9.90 Å². The fourth-order valence-corrected chi connectivity index (χ4v) is 0.926. The quantitative estimate of drug-likeness (QED) is 0.470. The largest absolute Gasteiger partial charge is 0.370 e. The van der Waals surface area contributed by atoms with Gasteiger partial charge in [0, 0.05) is 5.54 Å². The number of nitrogens with one attached hydrogen (secondary N) is 2. The number of urea groups is 1. The highest BCUT2D eigenvalue weighted by atomic mass is 80.0. The van der Waals surface area contributed by atoms with E-state index in [4.69, 9.17) is 0 Å². The van der Waals surface area contributed by atoms with Crippen LogP contribution < -0.4 is 10.6 Å². The van der Waals surface area contributed by atoms with Crippen molar-refractivity contribution in [2.75, 3.05) is 0 Å². The molecule has 0 aliphatic carbocycles. The maximum absolute atomic E-state index is 11.3. The summed E-state index contributed by atoms with van der Waals surface area (Å²) in [6, 6.07) is -0.437. The molecule has 0 aromatic carbocycles. The van der Waals surface area contributed by atoms with Gasteiger partial charge in [-0.25, -0.2) is 4.79 Å². The minimum atomic E-state index is -1.09. The van der Waals surface area contributed by atoms with Crippen LogP contribution in [0.4, 0.5) is 4.79 Å². The molecule has 84 valence electrons. The lowest BCUT2D eigenvalue weighted by molar-refractivity contribution is 0.150. The van der Waals surface area contributed by atoms with E-state index in [0.29, 0.717) is 0 Å². The van der Waals surface area contributed by atoms with Crippen LogP contribution in [-0.2, 0) is 0 Å². The molecule has 1 atom stereocenters. The molecule has 0 rings (SSSR count). The second-order valence-corrected chi connectivity index (χ2v) is 10.7. The van der Waals surface area contributed by atoms with Crippen LogP contribution in [0.15, 0.2) is 0 Å². The van der Waals surface area contributed by atoms with Gasteiger partial charge in [-0.15, -0.1) is 0 Å². The Morgan fingerprint density at radius 2 is 1.71 bits per heavy atom. The SMILES string of the molecule is CC(C)(C)NC(=O)NC(O)C(Br)(Br)Br. The zero-order valence-electron chi connectivity index (χ0n) is 8.07. The lowest BCUT2D eigenvalue weighted by Crippen LogP contribution is -2.52. The maximum atomic E-state index is 11.3. The molecule has 0 radical (unpaired) electrons. The topological polar surface area (TPSA) is 61.4 Å². The fourth-order valence-electron chi connectivity index (χ4n) is 0.583. The molecule has 0 aliphatic rings. The van der Waals surface area contributed by atoms with E-state index in [0.717, 1.165) is 0 Å². The highest BCUT2D eigenvalue weighted by Crippen LogP contribution is 2.35. The summed E-state index contributed by atoms with van der Waals surface area (Å²) in [5.74, 6) is 0. The maximum Gasteiger partial charge on any atom is 0.317 e. The number of carbonyl (C=O) groups excluding carboxylic acids is 1. The summed E-state index contributed by atoms with van der Waals surface area (Å²) in [4.78, 5) is 11.3. The molecule has 14 heavy (non-hydrogen) atoms. The zero-order valence-corrected chi connectivity index (χ0v) is 12.8. The van der Waals surface area contributed by atoms with Crippen molar-refractivity contribution in [2.45, 2.75) is 34.7 Å². The molecule has 7 heteroatoms. The molecule has 0 spiro atoms. The lowest BCUT2D eigenvalue weighted by atomic mass is 10.1. The van der Waals surface area contributed by atoms with Crippen LogP contribution in [0.25, 0.3) is 0 Å². The second kappa shape index (κ2) is 5.14. The number of aliphatic hydroxyl groups excluding tert-OH is 1. The summed E-state index contributed by atoms with van der Waals surface area (Å²) < 4.78 is -0.914. The molecule has 0 saturated carbocycles. The van der Waals surface area contributed by atoms with Gasteiger partial charge in [-0.3, -0.25) is 0 Å². The van der Waals surface area contributed by atoms with Crippen LogP contribution in [-0.4, -0.2) is 25.0 Å². The van der Waals surface area contributed by atoms with Crippen LogP contribution in [0, 0.1) is 0 Å². The van der Waals surface area contributed by atoms with Gasteiger partial charge >= 0.3 is 6.03 Å². The summed E-state index contributed by atoms with van der Waals surface area (Å²) in [7, 11) is 0. The smallest absolute Gasteiger partial charge is 0.317 e. The van der Waals surface area contributed by atoms with Crippen molar-refractivity contribution in [1.29, 1.82) is 0 Å². The first-order valence-corrected chi connectivity index (χ1v) is 6.24. The average molecular weight is 397 g/mol. The highest BCUT2D eigenvalue weighted by Gasteiger charge is 2.30. The van der Waals surface area contributed by atoms with Gasteiger partial charge in [-0.2, -0.15) is 0 Å². The fraction of sp³-hybridized carbons (Fsp3) is 0.857. The van der Waals surface area contributed by atoms with Crippen molar-refractivity contribution in [3.05, 3.63) is 0 Å². The molecule has 0 saturated heterocycles. The first kappa shape index (κ1) is 14.7. The number of rotatable bonds is 1. The summed E-state index contributed by atoms with van der Waals surface area (Å²) in [5, 5.41) is 14.4. The number of aliphatic hydroxyl groups is 1. The number of halogens is 3. The van der Waals surface area contributed by atoms with E-state index in [1.54, 1.807) is 0 Å². The zero-order chi connectivity index (χ0) is 11.6. The Hall–Kier alpha value is 0.670. The average Bonchev–Trinajstić information content (AvgIpc) is 1.79. The van der Waals surface area contributed by atoms with Gasteiger partial charge in [-0.05, 0) is 20.8 Å². The second-order valence-electron chi connectivity index (χ2n) is 3.79. The molecular weight excluding hydrogens is 384 g/mol. The number of hydrogen-bond donors (Lipinski definition) is 3. The van der Waals surface area contributed by atoms with Crippen molar-refractivity contribution < 1.29 is 9.90 Å². The summed E-state index contributed by atoms with van der Waals surface area (Å²) in [6.45, 7) is 5.55. The van der Waals surface area contributed by atoms with Crippen LogP contribution in [0.5, 0.6) is 0 Å². The normalized spacial score (nSPS) is 14.8. The van der Waals surface area contributed by atoms with E-state index in [-0.39, 0.29) is 5.54 Å². The number of amides is 2. The first-order chi connectivity index (χ1) is 6.02. The van der Waals surface area contributed by atoms with E-state index in [2.05, 4.69) is 58.4 Å². The summed E-state index contributed by atoms with van der Waals surface area (Å²) in [5.41, 5.74) is -0.336. The van der Waals surface area contributed by atoms with Crippen LogP contribution >= 0.6 is 47.8 Å². The Balaban J connectivity index is 4.09. The Bertz CT molecular complexity index is 210. The third kappa shape index (κ3) is 7.03. The van der Waals surface area contributed by atoms with Crippen LogP contribution in [0.3, 0.4) is 0 Å². The number of carbonyl (C=O) groups is 1. The number of alkyl halides is 3. The van der Waals surface area contributed by atoms with Gasteiger partial charge in [0.2, 0.25) is 0 Å². The first-order valence-electron chi connectivity index (χ1n) is 3.86. The molecule has 0 aliphatic heterocycles. The Morgan fingerprint density at radius 1 is 1.29 bits per heavy atom. The van der Waals surface area contributed by atoms with Gasteiger partial charge in [0.25, 0.3) is 0 Å². The summed E-state index contributed by atoms with van der Waals surface area (Å²) in [6.07, 6.45) is -1.09. The highest BCUT2D eigenvalue weighted by molar-refractivity contribution is 9.39. The molecule has 1 unspecified atom stereocenters. The Kier molecular flexibility index (Phi) is 5.38.